The highest BCUT2D eigenvalue weighted by atomic mass is 15.3. The van der Waals surface area contributed by atoms with Gasteiger partial charge in [-0.1, -0.05) is 133 Å². The van der Waals surface area contributed by atoms with Gasteiger partial charge in [0.05, 0.1) is 33.1 Å². The van der Waals surface area contributed by atoms with Crippen molar-refractivity contribution >= 4 is 65.4 Å². The van der Waals surface area contributed by atoms with Crippen LogP contribution in [0.1, 0.15) is 44.1 Å². The Bertz CT molecular complexity index is 3670. The number of nitrogens with zero attached hydrogens (tertiary/aromatic N) is 6. The Morgan fingerprint density at radius 1 is 0.358 bits per heavy atom. The summed E-state index contributed by atoms with van der Waals surface area (Å²) in [6.07, 6.45) is 8.03. The Labute approximate surface area is 387 Å². The van der Waals surface area contributed by atoms with Crippen LogP contribution in [-0.2, 0) is 5.41 Å². The molecule has 67 heavy (non-hydrogen) atoms. The van der Waals surface area contributed by atoms with Crippen molar-refractivity contribution in [3.63, 3.8) is 0 Å². The molecule has 0 aliphatic heterocycles. The van der Waals surface area contributed by atoms with E-state index in [9.17, 15) is 0 Å². The third-order valence-electron chi connectivity index (χ3n) is 16.1. The molecule has 0 spiro atoms. The molecule has 0 amide bonds. The molecule has 0 radical (unpaired) electrons. The van der Waals surface area contributed by atoms with Crippen molar-refractivity contribution in [2.24, 2.45) is 17.8 Å². The van der Waals surface area contributed by atoms with Crippen molar-refractivity contribution in [2.75, 3.05) is 0 Å². The van der Waals surface area contributed by atoms with Crippen LogP contribution in [-0.4, -0.2) is 28.7 Å². The van der Waals surface area contributed by atoms with Gasteiger partial charge in [0.2, 0.25) is 11.9 Å². The molecule has 4 aliphatic carbocycles. The fourth-order valence-corrected chi connectivity index (χ4v) is 13.8. The maximum absolute atomic E-state index is 5.52. The zero-order chi connectivity index (χ0) is 43.8. The third kappa shape index (κ3) is 5.53. The van der Waals surface area contributed by atoms with Crippen LogP contribution < -0.4 is 0 Å². The normalized spacial score (nSPS) is 20.1. The van der Waals surface area contributed by atoms with E-state index in [0.717, 1.165) is 45.4 Å². The molecule has 0 atom stereocenters. The number of para-hydroxylation sites is 6. The summed E-state index contributed by atoms with van der Waals surface area (Å²) in [6, 6.07) is 68.6. The number of aromatic nitrogens is 6. The van der Waals surface area contributed by atoms with E-state index in [4.69, 9.17) is 15.0 Å². The Kier molecular flexibility index (Phi) is 7.86. The van der Waals surface area contributed by atoms with Gasteiger partial charge in [0.25, 0.3) is 0 Å². The molecule has 320 valence electrons. The van der Waals surface area contributed by atoms with Crippen LogP contribution >= 0.6 is 0 Å². The highest BCUT2D eigenvalue weighted by molar-refractivity contribution is 6.11. The van der Waals surface area contributed by atoms with Crippen molar-refractivity contribution in [2.45, 2.75) is 43.9 Å². The first kappa shape index (κ1) is 37.4. The highest BCUT2D eigenvalue weighted by Crippen LogP contribution is 2.62. The van der Waals surface area contributed by atoms with Crippen LogP contribution in [0.2, 0.25) is 0 Å². The number of benzene rings is 8. The second-order valence-electron chi connectivity index (χ2n) is 19.9. The molecule has 12 aromatic rings. The van der Waals surface area contributed by atoms with Crippen LogP contribution in [0.15, 0.2) is 188 Å². The van der Waals surface area contributed by atoms with Crippen LogP contribution in [0, 0.1) is 17.8 Å². The van der Waals surface area contributed by atoms with E-state index in [1.54, 1.807) is 0 Å². The van der Waals surface area contributed by atoms with Crippen molar-refractivity contribution in [3.8, 4) is 40.1 Å². The molecule has 4 aliphatic rings. The Morgan fingerprint density at radius 3 is 1.19 bits per heavy atom. The summed E-state index contributed by atoms with van der Waals surface area (Å²) in [4.78, 5) is 16.5. The van der Waals surface area contributed by atoms with Crippen molar-refractivity contribution < 1.29 is 0 Å². The van der Waals surface area contributed by atoms with Gasteiger partial charge in [0.15, 0.2) is 5.82 Å². The lowest BCUT2D eigenvalue weighted by molar-refractivity contribution is -0.00491. The molecule has 0 saturated heterocycles. The maximum atomic E-state index is 5.52. The van der Waals surface area contributed by atoms with E-state index in [-0.39, 0.29) is 5.41 Å². The maximum Gasteiger partial charge on any atom is 0.240 e. The van der Waals surface area contributed by atoms with Crippen molar-refractivity contribution in [1.29, 1.82) is 0 Å². The smallest absolute Gasteiger partial charge is 0.240 e. The first-order valence-electron chi connectivity index (χ1n) is 24.1. The van der Waals surface area contributed by atoms with E-state index in [0.29, 0.717) is 17.7 Å². The van der Waals surface area contributed by atoms with Gasteiger partial charge in [0.1, 0.15) is 0 Å². The van der Waals surface area contributed by atoms with Gasteiger partial charge >= 0.3 is 0 Å². The van der Waals surface area contributed by atoms with Crippen LogP contribution in [0.3, 0.4) is 0 Å². The standard InChI is InChI=1S/C61H46N6/c1-7-22-52-44(16-1)45-17-2-8-23-53(45)65(52)43-15-13-14-41(33-43)50-34-42(28-29-51(50)61-35-38-30-39(36-61)32-40(31-38)37-61)58-62-59(66-54-24-9-3-18-46(54)47-19-4-10-25-55(47)66)64-60(63-58)67-56-26-11-5-20-48(56)49-21-6-12-27-57(49)67/h1-29,33-34,38-40H,30-32,35-37H2. The summed E-state index contributed by atoms with van der Waals surface area (Å²) in [6.45, 7) is 0. The Morgan fingerprint density at radius 2 is 0.761 bits per heavy atom. The molecule has 4 bridgehead atoms. The summed E-state index contributed by atoms with van der Waals surface area (Å²) in [5.41, 5.74) is 13.0. The molecular weight excluding hydrogens is 817 g/mol. The van der Waals surface area contributed by atoms with Crippen molar-refractivity contribution in [1.82, 2.24) is 28.7 Å². The minimum atomic E-state index is 0.160. The number of rotatable bonds is 6. The monoisotopic (exact) mass is 862 g/mol. The molecule has 8 aromatic carbocycles. The van der Waals surface area contributed by atoms with Crippen LogP contribution in [0.4, 0.5) is 0 Å². The molecule has 6 heteroatoms. The minimum absolute atomic E-state index is 0.160. The quantitative estimate of drug-likeness (QED) is 0.167. The summed E-state index contributed by atoms with van der Waals surface area (Å²) >= 11 is 0. The first-order valence-corrected chi connectivity index (χ1v) is 24.1. The fourth-order valence-electron chi connectivity index (χ4n) is 13.8. The second kappa shape index (κ2) is 14.1. The summed E-state index contributed by atoms with van der Waals surface area (Å²) in [5, 5.41) is 7.22. The highest BCUT2D eigenvalue weighted by Gasteiger charge is 2.52. The topological polar surface area (TPSA) is 53.5 Å². The average Bonchev–Trinajstić information content (AvgIpc) is 4.02. The summed E-state index contributed by atoms with van der Waals surface area (Å²) in [5.74, 6) is 4.29. The molecule has 6 nitrogen and oxygen atoms in total. The number of fused-ring (bicyclic) bond motifs is 9. The predicted octanol–water partition coefficient (Wildman–Crippen LogP) is 15.0. The van der Waals surface area contributed by atoms with Crippen LogP contribution in [0.25, 0.3) is 106 Å². The average molecular weight is 863 g/mol. The molecule has 4 fully saturated rings. The zero-order valence-electron chi connectivity index (χ0n) is 37.1. The summed E-state index contributed by atoms with van der Waals surface area (Å²) < 4.78 is 6.91. The van der Waals surface area contributed by atoms with Crippen molar-refractivity contribution in [3.05, 3.63) is 194 Å². The van der Waals surface area contributed by atoms with Gasteiger partial charge in [0, 0.05) is 43.6 Å². The molecular formula is C61H46N6. The Hall–Kier alpha value is -7.83. The predicted molar refractivity (Wildman–Crippen MR) is 274 cm³/mol. The van der Waals surface area contributed by atoms with Gasteiger partial charge < -0.3 is 4.57 Å². The van der Waals surface area contributed by atoms with E-state index >= 15 is 0 Å². The molecule has 4 heterocycles. The first-order chi connectivity index (χ1) is 33.1. The molecule has 16 rings (SSSR count). The van der Waals surface area contributed by atoms with E-state index < -0.39 is 0 Å². The molecule has 4 saturated carbocycles. The molecule has 0 unspecified atom stereocenters. The number of hydrogen-bond donors (Lipinski definition) is 0. The lowest BCUT2D eigenvalue weighted by atomic mass is 9.47. The third-order valence-corrected chi connectivity index (χ3v) is 16.1. The Balaban J connectivity index is 0.992. The molecule has 4 aromatic heterocycles. The second-order valence-corrected chi connectivity index (χ2v) is 19.9. The van der Waals surface area contributed by atoms with E-state index in [1.807, 2.05) is 0 Å². The van der Waals surface area contributed by atoms with Gasteiger partial charge in [-0.15, -0.1) is 0 Å². The lowest BCUT2D eigenvalue weighted by Gasteiger charge is -2.57. The van der Waals surface area contributed by atoms with Gasteiger partial charge in [-0.05, 0) is 133 Å². The van der Waals surface area contributed by atoms with E-state index in [1.165, 1.54) is 104 Å². The van der Waals surface area contributed by atoms with Crippen LogP contribution in [0.5, 0.6) is 0 Å². The van der Waals surface area contributed by atoms with Gasteiger partial charge in [-0.3, -0.25) is 9.13 Å². The number of hydrogen-bond acceptors (Lipinski definition) is 3. The molecule has 0 N–H and O–H groups in total. The largest absolute Gasteiger partial charge is 0.309 e. The lowest BCUT2D eigenvalue weighted by Crippen LogP contribution is -2.48. The van der Waals surface area contributed by atoms with E-state index in [2.05, 4.69) is 202 Å². The fraction of sp³-hybridized carbons (Fsp3) is 0.164. The van der Waals surface area contributed by atoms with Gasteiger partial charge in [-0.25, -0.2) is 0 Å². The summed E-state index contributed by atoms with van der Waals surface area (Å²) in [7, 11) is 0. The van der Waals surface area contributed by atoms with Gasteiger partial charge in [-0.2, -0.15) is 15.0 Å². The zero-order valence-corrected chi connectivity index (χ0v) is 37.1. The SMILES string of the molecule is c1cc(-c2cc(-c3nc(-n4c5ccccc5c5ccccc54)nc(-n4c5ccccc5c5ccccc54)n3)ccc2C23CC4CC(CC(C4)C2)C3)cc(-n2c3ccccc3c3ccccc32)c1. The minimum Gasteiger partial charge on any atom is -0.309 e.